The molecule has 0 bridgehead atoms. The van der Waals surface area contributed by atoms with Crippen molar-refractivity contribution in [2.75, 3.05) is 5.32 Å². The second kappa shape index (κ2) is 7.90. The minimum Gasteiger partial charge on any atom is -0.322 e. The summed E-state index contributed by atoms with van der Waals surface area (Å²) in [6, 6.07) is 17.1. The number of carbonyl (C=O) groups excluding carboxylic acids is 1. The average Bonchev–Trinajstić information content (AvgIpc) is 2.65. The largest absolute Gasteiger partial charge is 0.322 e. The molecule has 0 atom stereocenters. The Morgan fingerprint density at radius 2 is 1.74 bits per heavy atom. The van der Waals surface area contributed by atoms with Crippen molar-refractivity contribution in [2.45, 2.75) is 31.1 Å². The summed E-state index contributed by atoms with van der Waals surface area (Å²) >= 11 is 0. The van der Waals surface area contributed by atoms with Crippen LogP contribution in [0.4, 0.5) is 5.69 Å². The molecule has 1 amide bonds. The van der Waals surface area contributed by atoms with Crippen LogP contribution in [-0.4, -0.2) is 18.9 Å². The summed E-state index contributed by atoms with van der Waals surface area (Å²) in [4.78, 5) is 12.3. The van der Waals surface area contributed by atoms with Gasteiger partial charge in [0.25, 0.3) is 16.0 Å². The van der Waals surface area contributed by atoms with Gasteiger partial charge >= 0.3 is 0 Å². The predicted octanol–water partition coefficient (Wildman–Crippen LogP) is 4.68. The highest BCUT2D eigenvalue weighted by Crippen LogP contribution is 2.27. The van der Waals surface area contributed by atoms with Gasteiger partial charge in [-0.15, -0.1) is 0 Å². The summed E-state index contributed by atoms with van der Waals surface area (Å²) in [7, 11) is -4.42. The van der Waals surface area contributed by atoms with Gasteiger partial charge in [0, 0.05) is 16.6 Å². The van der Waals surface area contributed by atoms with Crippen molar-refractivity contribution < 1.29 is 17.8 Å². The molecule has 0 radical (unpaired) electrons. The van der Waals surface area contributed by atoms with Crippen LogP contribution in [0.15, 0.2) is 65.6 Å². The van der Waals surface area contributed by atoms with E-state index in [2.05, 4.69) is 12.2 Å². The Kier molecular flexibility index (Phi) is 5.58. The monoisotopic (exact) mass is 383 g/mol. The first-order chi connectivity index (χ1) is 12.9. The molecule has 27 heavy (non-hydrogen) atoms. The summed E-state index contributed by atoms with van der Waals surface area (Å²) in [5.74, 6) is -0.339. The molecule has 0 aliphatic carbocycles. The molecule has 2 N–H and O–H groups in total. The summed E-state index contributed by atoms with van der Waals surface area (Å²) < 4.78 is 33.0. The van der Waals surface area contributed by atoms with Gasteiger partial charge in [-0.25, -0.2) is 0 Å². The van der Waals surface area contributed by atoms with Crippen molar-refractivity contribution >= 4 is 32.5 Å². The lowest BCUT2D eigenvalue weighted by molar-refractivity contribution is 0.102. The number of carbonyl (C=O) groups is 1. The number of hydrogen-bond acceptors (Lipinski definition) is 3. The Morgan fingerprint density at radius 3 is 2.41 bits per heavy atom. The summed E-state index contributed by atoms with van der Waals surface area (Å²) in [6.45, 7) is 2.13. The van der Waals surface area contributed by atoms with Crippen LogP contribution in [0, 0.1) is 0 Å². The van der Waals surface area contributed by atoms with Crippen LogP contribution in [0.3, 0.4) is 0 Å². The van der Waals surface area contributed by atoms with Crippen molar-refractivity contribution in [3.63, 3.8) is 0 Å². The minimum absolute atomic E-state index is 0.231. The van der Waals surface area contributed by atoms with Gasteiger partial charge in [0.15, 0.2) is 0 Å². The van der Waals surface area contributed by atoms with Gasteiger partial charge in [-0.1, -0.05) is 49.7 Å². The van der Waals surface area contributed by atoms with Gasteiger partial charge in [-0.2, -0.15) is 8.42 Å². The molecule has 3 aromatic carbocycles. The van der Waals surface area contributed by atoms with Crippen LogP contribution < -0.4 is 5.32 Å². The van der Waals surface area contributed by atoms with Crippen molar-refractivity contribution in [3.8, 4) is 0 Å². The van der Waals surface area contributed by atoms with E-state index in [4.69, 9.17) is 0 Å². The molecule has 0 unspecified atom stereocenters. The van der Waals surface area contributed by atoms with Crippen molar-refractivity contribution in [3.05, 3.63) is 71.8 Å². The van der Waals surface area contributed by atoms with E-state index in [0.717, 1.165) is 19.3 Å². The number of hydrogen-bond donors (Lipinski definition) is 2. The first-order valence-corrected chi connectivity index (χ1v) is 10.2. The number of aryl methyl sites for hydroxylation is 1. The maximum absolute atomic E-state index is 12.5. The summed E-state index contributed by atoms with van der Waals surface area (Å²) in [5, 5.41) is 3.72. The lowest BCUT2D eigenvalue weighted by atomic mass is 10.1. The molecular weight excluding hydrogens is 362 g/mol. The minimum atomic E-state index is -4.42. The van der Waals surface area contributed by atoms with E-state index in [0.29, 0.717) is 22.0 Å². The van der Waals surface area contributed by atoms with Crippen LogP contribution >= 0.6 is 0 Å². The molecule has 6 heteroatoms. The fourth-order valence-electron chi connectivity index (χ4n) is 2.97. The molecule has 0 aliphatic heterocycles. The molecule has 0 aromatic heterocycles. The molecule has 0 saturated carbocycles. The van der Waals surface area contributed by atoms with Crippen LogP contribution in [0.2, 0.25) is 0 Å². The first kappa shape index (κ1) is 19.1. The molecule has 5 nitrogen and oxygen atoms in total. The topological polar surface area (TPSA) is 83.5 Å². The fraction of sp³-hybridized carbons (Fsp3) is 0.190. The predicted molar refractivity (Wildman–Crippen MR) is 107 cm³/mol. The molecule has 0 fully saturated rings. The SMILES string of the molecule is CCCCc1ccc(C(=O)Nc2cc(S(=O)(=O)O)c3ccccc3c2)cc1. The van der Waals surface area contributed by atoms with Crippen LogP contribution in [0.5, 0.6) is 0 Å². The number of benzene rings is 3. The quantitative estimate of drug-likeness (QED) is 0.605. The zero-order valence-electron chi connectivity index (χ0n) is 15.0. The average molecular weight is 383 g/mol. The van der Waals surface area contributed by atoms with E-state index in [-0.39, 0.29) is 10.8 Å². The Bertz CT molecular complexity index is 1070. The van der Waals surface area contributed by atoms with Crippen molar-refractivity contribution in [1.29, 1.82) is 0 Å². The smallest absolute Gasteiger partial charge is 0.295 e. The van der Waals surface area contributed by atoms with Gasteiger partial charge in [0.2, 0.25) is 0 Å². The third-order valence-electron chi connectivity index (χ3n) is 4.39. The number of fused-ring (bicyclic) bond motifs is 1. The number of unbranched alkanes of at least 4 members (excludes halogenated alkanes) is 1. The van der Waals surface area contributed by atoms with E-state index in [9.17, 15) is 17.8 Å². The molecule has 3 rings (SSSR count). The Morgan fingerprint density at radius 1 is 1.04 bits per heavy atom. The molecule has 0 spiro atoms. The number of amides is 1. The van der Waals surface area contributed by atoms with E-state index < -0.39 is 10.1 Å². The highest BCUT2D eigenvalue weighted by atomic mass is 32.2. The molecule has 140 valence electrons. The standard InChI is InChI=1S/C21H21NO4S/c1-2-3-6-15-9-11-16(12-10-15)21(23)22-18-13-17-7-4-5-8-19(17)20(14-18)27(24,25)26/h4-5,7-14H,2-3,6H2,1H3,(H,22,23)(H,24,25,26). The highest BCUT2D eigenvalue weighted by molar-refractivity contribution is 7.86. The normalized spacial score (nSPS) is 11.5. The fourth-order valence-corrected chi connectivity index (χ4v) is 3.71. The zero-order valence-corrected chi connectivity index (χ0v) is 15.8. The second-order valence-electron chi connectivity index (χ2n) is 6.43. The van der Waals surface area contributed by atoms with Gasteiger partial charge in [0.1, 0.15) is 4.90 Å². The van der Waals surface area contributed by atoms with Crippen molar-refractivity contribution in [2.24, 2.45) is 0 Å². The van der Waals surface area contributed by atoms with Crippen LogP contribution in [0.1, 0.15) is 35.7 Å². The highest BCUT2D eigenvalue weighted by Gasteiger charge is 2.16. The van der Waals surface area contributed by atoms with Gasteiger partial charge in [0.05, 0.1) is 0 Å². The van der Waals surface area contributed by atoms with Crippen molar-refractivity contribution in [1.82, 2.24) is 0 Å². The molecule has 3 aromatic rings. The Hall–Kier alpha value is -2.70. The zero-order chi connectivity index (χ0) is 19.4. The second-order valence-corrected chi connectivity index (χ2v) is 7.82. The lowest BCUT2D eigenvalue weighted by Crippen LogP contribution is -2.12. The summed E-state index contributed by atoms with van der Waals surface area (Å²) in [5.41, 5.74) is 1.96. The Balaban J connectivity index is 1.89. The third-order valence-corrected chi connectivity index (χ3v) is 5.29. The molecule has 0 saturated heterocycles. The van der Waals surface area contributed by atoms with Gasteiger partial charge in [-0.05, 0) is 48.1 Å². The number of anilines is 1. The van der Waals surface area contributed by atoms with E-state index in [1.54, 1.807) is 42.5 Å². The third kappa shape index (κ3) is 4.53. The number of nitrogens with one attached hydrogen (secondary N) is 1. The van der Waals surface area contributed by atoms with Gasteiger partial charge < -0.3 is 5.32 Å². The Labute approximate surface area is 158 Å². The number of rotatable bonds is 6. The maximum atomic E-state index is 12.5. The van der Waals surface area contributed by atoms with E-state index >= 15 is 0 Å². The van der Waals surface area contributed by atoms with E-state index in [1.807, 2.05) is 12.1 Å². The summed E-state index contributed by atoms with van der Waals surface area (Å²) in [6.07, 6.45) is 3.18. The first-order valence-electron chi connectivity index (χ1n) is 8.79. The van der Waals surface area contributed by atoms with Gasteiger partial charge in [-0.3, -0.25) is 9.35 Å². The maximum Gasteiger partial charge on any atom is 0.295 e. The van der Waals surface area contributed by atoms with Crippen LogP contribution in [-0.2, 0) is 16.5 Å². The van der Waals surface area contributed by atoms with E-state index in [1.165, 1.54) is 11.6 Å². The molecule has 0 aliphatic rings. The molecular formula is C21H21NO4S. The van der Waals surface area contributed by atoms with Crippen LogP contribution in [0.25, 0.3) is 10.8 Å². The lowest BCUT2D eigenvalue weighted by Gasteiger charge is -2.10. The molecule has 0 heterocycles.